The second-order valence-corrected chi connectivity index (χ2v) is 4.38. The van der Waals surface area contributed by atoms with Crippen LogP contribution in [0, 0.1) is 11.3 Å². The molecule has 102 valence electrons. The van der Waals surface area contributed by atoms with Crippen LogP contribution < -0.4 is 10.6 Å². The zero-order valence-electron chi connectivity index (χ0n) is 11.4. The minimum atomic E-state index is -0.00910. The van der Waals surface area contributed by atoms with Crippen LogP contribution in [0.15, 0.2) is 30.3 Å². The van der Waals surface area contributed by atoms with E-state index in [2.05, 4.69) is 16.7 Å². The van der Waals surface area contributed by atoms with Crippen LogP contribution in [-0.4, -0.2) is 19.0 Å². The summed E-state index contributed by atoms with van der Waals surface area (Å²) in [4.78, 5) is 11.5. The maximum atomic E-state index is 11.5. The summed E-state index contributed by atoms with van der Waals surface area (Å²) in [6.45, 7) is 3.33. The number of rotatable bonds is 8. The second kappa shape index (κ2) is 9.12. The van der Waals surface area contributed by atoms with Gasteiger partial charge in [-0.15, -0.1) is 0 Å². The van der Waals surface area contributed by atoms with Gasteiger partial charge in [-0.05, 0) is 12.0 Å². The fourth-order valence-corrected chi connectivity index (χ4v) is 1.80. The lowest BCUT2D eigenvalue weighted by molar-refractivity contribution is -0.121. The quantitative estimate of drug-likeness (QED) is 0.751. The number of nitriles is 1. The molecule has 0 spiro atoms. The Morgan fingerprint density at radius 2 is 2.05 bits per heavy atom. The monoisotopic (exact) mass is 259 g/mol. The Morgan fingerprint density at radius 3 is 2.68 bits per heavy atom. The van der Waals surface area contributed by atoms with E-state index >= 15 is 0 Å². The summed E-state index contributed by atoms with van der Waals surface area (Å²) >= 11 is 0. The van der Waals surface area contributed by atoms with E-state index in [1.807, 2.05) is 37.3 Å². The van der Waals surface area contributed by atoms with Gasteiger partial charge in [-0.25, -0.2) is 0 Å². The minimum Gasteiger partial charge on any atom is -0.356 e. The summed E-state index contributed by atoms with van der Waals surface area (Å²) in [5.41, 5.74) is 1.08. The van der Waals surface area contributed by atoms with E-state index in [-0.39, 0.29) is 11.9 Å². The Bertz CT molecular complexity index is 411. The minimum absolute atomic E-state index is 0.00910. The molecule has 2 N–H and O–H groups in total. The van der Waals surface area contributed by atoms with Crippen LogP contribution in [0.2, 0.25) is 0 Å². The molecule has 1 aromatic carbocycles. The SMILES string of the molecule is CCCNC(=O)CCNC(CC#N)c1ccccc1. The van der Waals surface area contributed by atoms with Gasteiger partial charge in [0.15, 0.2) is 0 Å². The smallest absolute Gasteiger partial charge is 0.221 e. The van der Waals surface area contributed by atoms with Crippen LogP contribution in [0.4, 0.5) is 0 Å². The van der Waals surface area contributed by atoms with Crippen LogP contribution >= 0.6 is 0 Å². The van der Waals surface area contributed by atoms with Crippen LogP contribution in [0.1, 0.15) is 37.8 Å². The standard InChI is InChI=1S/C15H21N3O/c1-2-11-18-15(19)9-12-17-14(8-10-16)13-6-4-3-5-7-13/h3-7,14,17H,2,8-9,11-12H2,1H3,(H,18,19). The number of hydrogen-bond donors (Lipinski definition) is 2. The molecule has 4 nitrogen and oxygen atoms in total. The number of benzene rings is 1. The molecule has 0 fully saturated rings. The van der Waals surface area contributed by atoms with Gasteiger partial charge in [-0.2, -0.15) is 5.26 Å². The molecule has 0 saturated heterocycles. The van der Waals surface area contributed by atoms with E-state index in [1.165, 1.54) is 0 Å². The van der Waals surface area contributed by atoms with Crippen molar-refractivity contribution in [3.63, 3.8) is 0 Å². The van der Waals surface area contributed by atoms with Gasteiger partial charge in [0.2, 0.25) is 5.91 Å². The highest BCUT2D eigenvalue weighted by atomic mass is 16.1. The number of carbonyl (C=O) groups is 1. The largest absolute Gasteiger partial charge is 0.356 e. The summed E-state index contributed by atoms with van der Waals surface area (Å²) < 4.78 is 0. The summed E-state index contributed by atoms with van der Waals surface area (Å²) in [6.07, 6.45) is 1.79. The highest BCUT2D eigenvalue weighted by Gasteiger charge is 2.10. The molecule has 0 aromatic heterocycles. The topological polar surface area (TPSA) is 64.9 Å². The van der Waals surface area contributed by atoms with Gasteiger partial charge < -0.3 is 10.6 Å². The van der Waals surface area contributed by atoms with Crippen LogP contribution in [0.3, 0.4) is 0 Å². The van der Waals surface area contributed by atoms with Crippen LogP contribution in [0.25, 0.3) is 0 Å². The molecule has 0 aliphatic rings. The normalized spacial score (nSPS) is 11.6. The lowest BCUT2D eigenvalue weighted by atomic mass is 10.0. The first-order valence-electron chi connectivity index (χ1n) is 6.70. The van der Waals surface area contributed by atoms with Gasteiger partial charge in [0, 0.05) is 25.6 Å². The molecule has 1 atom stereocenters. The average Bonchev–Trinajstić information content (AvgIpc) is 2.45. The van der Waals surface area contributed by atoms with Crippen molar-refractivity contribution in [3.8, 4) is 6.07 Å². The third-order valence-electron chi connectivity index (χ3n) is 2.81. The van der Waals surface area contributed by atoms with Crippen molar-refractivity contribution in [3.05, 3.63) is 35.9 Å². The van der Waals surface area contributed by atoms with E-state index in [0.29, 0.717) is 19.4 Å². The first-order valence-corrected chi connectivity index (χ1v) is 6.70. The van der Waals surface area contributed by atoms with Gasteiger partial charge in [0.1, 0.15) is 0 Å². The van der Waals surface area contributed by atoms with Gasteiger partial charge in [-0.3, -0.25) is 4.79 Å². The third-order valence-corrected chi connectivity index (χ3v) is 2.81. The summed E-state index contributed by atoms with van der Waals surface area (Å²) in [5.74, 6) is 0.0538. The van der Waals surface area contributed by atoms with Gasteiger partial charge >= 0.3 is 0 Å². The van der Waals surface area contributed by atoms with Crippen molar-refractivity contribution in [2.75, 3.05) is 13.1 Å². The fraction of sp³-hybridized carbons (Fsp3) is 0.467. The molecule has 4 heteroatoms. The molecule has 0 aliphatic carbocycles. The van der Waals surface area contributed by atoms with Crippen molar-refractivity contribution in [2.45, 2.75) is 32.2 Å². The Labute approximate surface area is 114 Å². The Morgan fingerprint density at radius 1 is 1.32 bits per heavy atom. The number of nitrogens with zero attached hydrogens (tertiary/aromatic N) is 1. The predicted octanol–water partition coefficient (Wildman–Crippen LogP) is 2.15. The molecule has 1 amide bonds. The molecule has 0 heterocycles. The summed E-state index contributed by atoms with van der Waals surface area (Å²) in [5, 5.41) is 14.9. The number of hydrogen-bond acceptors (Lipinski definition) is 3. The fourth-order valence-electron chi connectivity index (χ4n) is 1.80. The lowest BCUT2D eigenvalue weighted by Gasteiger charge is -2.16. The first-order chi connectivity index (χ1) is 9.27. The Kier molecular flexibility index (Phi) is 7.30. The van der Waals surface area contributed by atoms with Crippen LogP contribution in [-0.2, 0) is 4.79 Å². The molecule has 1 aromatic rings. The number of amides is 1. The molecule has 0 saturated carbocycles. The first kappa shape index (κ1) is 15.2. The van der Waals surface area contributed by atoms with E-state index in [9.17, 15) is 4.79 Å². The highest BCUT2D eigenvalue weighted by Crippen LogP contribution is 2.15. The van der Waals surface area contributed by atoms with Crippen molar-refractivity contribution < 1.29 is 4.79 Å². The molecule has 19 heavy (non-hydrogen) atoms. The van der Waals surface area contributed by atoms with E-state index in [4.69, 9.17) is 5.26 Å². The van der Waals surface area contributed by atoms with Crippen molar-refractivity contribution >= 4 is 5.91 Å². The van der Waals surface area contributed by atoms with Gasteiger partial charge in [0.25, 0.3) is 0 Å². The summed E-state index contributed by atoms with van der Waals surface area (Å²) in [6, 6.07) is 12.0. The maximum Gasteiger partial charge on any atom is 0.221 e. The number of nitrogens with one attached hydrogen (secondary N) is 2. The van der Waals surface area contributed by atoms with E-state index in [1.54, 1.807) is 0 Å². The molecule has 0 bridgehead atoms. The summed E-state index contributed by atoms with van der Waals surface area (Å²) in [7, 11) is 0. The average molecular weight is 259 g/mol. The Balaban J connectivity index is 2.39. The van der Waals surface area contributed by atoms with Crippen LogP contribution in [0.5, 0.6) is 0 Å². The molecular weight excluding hydrogens is 238 g/mol. The predicted molar refractivity (Wildman–Crippen MR) is 75.3 cm³/mol. The van der Waals surface area contributed by atoms with Gasteiger partial charge in [-0.1, -0.05) is 37.3 Å². The molecule has 1 rings (SSSR count). The van der Waals surface area contributed by atoms with Crippen molar-refractivity contribution in [1.82, 2.24) is 10.6 Å². The Hall–Kier alpha value is -1.86. The number of carbonyl (C=O) groups excluding carboxylic acids is 1. The van der Waals surface area contributed by atoms with E-state index in [0.717, 1.165) is 18.5 Å². The zero-order chi connectivity index (χ0) is 13.9. The van der Waals surface area contributed by atoms with Crippen molar-refractivity contribution in [2.24, 2.45) is 0 Å². The molecule has 0 aliphatic heterocycles. The second-order valence-electron chi connectivity index (χ2n) is 4.38. The maximum absolute atomic E-state index is 11.5. The lowest BCUT2D eigenvalue weighted by Crippen LogP contribution is -2.29. The highest BCUT2D eigenvalue weighted by molar-refractivity contribution is 5.75. The zero-order valence-corrected chi connectivity index (χ0v) is 11.4. The molecule has 1 unspecified atom stereocenters. The van der Waals surface area contributed by atoms with Gasteiger partial charge in [0.05, 0.1) is 12.5 Å². The molecule has 0 radical (unpaired) electrons. The van der Waals surface area contributed by atoms with Crippen molar-refractivity contribution in [1.29, 1.82) is 5.26 Å². The van der Waals surface area contributed by atoms with E-state index < -0.39 is 0 Å². The molecular formula is C15H21N3O. The third kappa shape index (κ3) is 6.03.